The van der Waals surface area contributed by atoms with Gasteiger partial charge in [-0.05, 0) is 0 Å². The van der Waals surface area contributed by atoms with E-state index in [0.29, 0.717) is 18.6 Å². The van der Waals surface area contributed by atoms with Crippen LogP contribution < -0.4 is 10.2 Å². The third-order valence-corrected chi connectivity index (χ3v) is 6.37. The van der Waals surface area contributed by atoms with Crippen LogP contribution in [0.25, 0.3) is 0 Å². The van der Waals surface area contributed by atoms with Crippen LogP contribution in [0.4, 0.5) is 0 Å². The van der Waals surface area contributed by atoms with E-state index in [1.807, 2.05) is 0 Å². The monoisotopic (exact) mass is 262 g/mol. The SMILES string of the molecule is CC(Cl)NP1(O)(CCCl)NCCCO1. The Labute approximate surface area is 94.5 Å². The zero-order chi connectivity index (χ0) is 10.7. The first-order valence-corrected chi connectivity index (χ1v) is 7.90. The molecule has 0 aromatic heterocycles. The molecule has 0 aliphatic carbocycles. The summed E-state index contributed by atoms with van der Waals surface area (Å²) in [5.41, 5.74) is -0.355. The average molecular weight is 263 g/mol. The van der Waals surface area contributed by atoms with E-state index in [2.05, 4.69) is 10.2 Å². The Morgan fingerprint density at radius 2 is 2.43 bits per heavy atom. The molecule has 1 heterocycles. The van der Waals surface area contributed by atoms with Gasteiger partial charge in [-0.1, -0.05) is 0 Å². The van der Waals surface area contributed by atoms with Crippen LogP contribution in [0, 0.1) is 0 Å². The van der Waals surface area contributed by atoms with Crippen molar-refractivity contribution < 1.29 is 9.42 Å². The van der Waals surface area contributed by atoms with Gasteiger partial charge >= 0.3 is 94.2 Å². The summed E-state index contributed by atoms with van der Waals surface area (Å²) >= 11 is 11.5. The Balaban J connectivity index is 2.75. The van der Waals surface area contributed by atoms with Crippen LogP contribution in [-0.4, -0.2) is 35.6 Å². The fraction of sp³-hybridized carbons (Fsp3) is 1.00. The molecule has 1 rings (SSSR count). The Morgan fingerprint density at radius 3 is 2.86 bits per heavy atom. The van der Waals surface area contributed by atoms with Gasteiger partial charge in [-0.25, -0.2) is 0 Å². The van der Waals surface area contributed by atoms with Gasteiger partial charge in [-0.15, -0.1) is 0 Å². The van der Waals surface area contributed by atoms with E-state index < -0.39 is 7.36 Å². The molecule has 1 fully saturated rings. The van der Waals surface area contributed by atoms with Gasteiger partial charge in [0.1, 0.15) is 0 Å². The summed E-state index contributed by atoms with van der Waals surface area (Å²) in [6, 6.07) is 0. The van der Waals surface area contributed by atoms with Crippen molar-refractivity contribution in [3.8, 4) is 0 Å². The van der Waals surface area contributed by atoms with Crippen molar-refractivity contribution in [3.05, 3.63) is 0 Å². The maximum atomic E-state index is 10.5. The Kier molecular flexibility index (Phi) is 4.42. The molecule has 0 spiro atoms. The van der Waals surface area contributed by atoms with Gasteiger partial charge in [0.15, 0.2) is 0 Å². The first-order valence-electron chi connectivity index (χ1n) is 4.64. The van der Waals surface area contributed by atoms with Crippen LogP contribution in [0.15, 0.2) is 0 Å². The van der Waals surface area contributed by atoms with Crippen LogP contribution in [-0.2, 0) is 4.52 Å². The van der Waals surface area contributed by atoms with Gasteiger partial charge < -0.3 is 0 Å². The molecule has 0 amide bonds. The van der Waals surface area contributed by atoms with E-state index in [1.54, 1.807) is 6.92 Å². The molecule has 86 valence electrons. The second kappa shape index (κ2) is 4.79. The molecule has 1 aliphatic rings. The molecule has 0 saturated carbocycles. The van der Waals surface area contributed by atoms with Crippen molar-refractivity contribution in [2.75, 3.05) is 25.2 Å². The molecule has 3 N–H and O–H groups in total. The molecule has 1 saturated heterocycles. The van der Waals surface area contributed by atoms with E-state index in [-0.39, 0.29) is 5.50 Å². The van der Waals surface area contributed by atoms with Crippen molar-refractivity contribution >= 4 is 30.6 Å². The molecular formula is C7H17Cl2N2O2P. The van der Waals surface area contributed by atoms with Crippen LogP contribution in [0.1, 0.15) is 13.3 Å². The molecule has 0 radical (unpaired) electrons. The first-order chi connectivity index (χ1) is 6.48. The second-order valence-corrected chi connectivity index (χ2v) is 8.05. The summed E-state index contributed by atoms with van der Waals surface area (Å²) in [7, 11) is -3.48. The van der Waals surface area contributed by atoms with Crippen LogP contribution >= 0.6 is 30.6 Å². The normalized spacial score (nSPS) is 30.1. The standard InChI is InChI=1S/C7H17Cl2N2O2P/c1-7(9)11-14(12,6-3-8)10-4-2-5-13-14/h7,10-12H,2-6H2,1H3. The molecule has 0 aromatic carbocycles. The van der Waals surface area contributed by atoms with Crippen molar-refractivity contribution in [3.63, 3.8) is 0 Å². The third-order valence-electron chi connectivity index (χ3n) is 2.07. The summed E-state index contributed by atoms with van der Waals surface area (Å²) in [4.78, 5) is 10.5. The van der Waals surface area contributed by atoms with Gasteiger partial charge in [0, 0.05) is 0 Å². The number of hydrogen-bond donors (Lipinski definition) is 3. The van der Waals surface area contributed by atoms with Crippen molar-refractivity contribution in [1.29, 1.82) is 0 Å². The summed E-state index contributed by atoms with van der Waals surface area (Å²) in [6.07, 6.45) is 1.25. The van der Waals surface area contributed by atoms with Crippen LogP contribution in [0.3, 0.4) is 0 Å². The number of nitrogens with one attached hydrogen (secondary N) is 2. The number of alkyl halides is 2. The Morgan fingerprint density at radius 1 is 1.71 bits per heavy atom. The molecule has 0 aromatic rings. The summed E-state index contributed by atoms with van der Waals surface area (Å²) in [5, 5.41) is 5.93. The minimum absolute atomic E-state index is 0.331. The average Bonchev–Trinajstić information content (AvgIpc) is 2.02. The Hall–Kier alpha value is 0.850. The number of hydrogen-bond acceptors (Lipinski definition) is 4. The molecule has 1 unspecified atom stereocenters. The van der Waals surface area contributed by atoms with Gasteiger partial charge in [0.05, 0.1) is 0 Å². The molecule has 0 bridgehead atoms. The van der Waals surface area contributed by atoms with E-state index in [9.17, 15) is 4.89 Å². The van der Waals surface area contributed by atoms with Crippen LogP contribution in [0.2, 0.25) is 0 Å². The minimum atomic E-state index is -3.48. The molecule has 14 heavy (non-hydrogen) atoms. The van der Waals surface area contributed by atoms with E-state index in [1.165, 1.54) is 0 Å². The van der Waals surface area contributed by atoms with Gasteiger partial charge in [0.25, 0.3) is 0 Å². The predicted octanol–water partition coefficient (Wildman–Crippen LogP) is 1.62. The van der Waals surface area contributed by atoms with E-state index in [0.717, 1.165) is 13.0 Å². The predicted molar refractivity (Wildman–Crippen MR) is 61.7 cm³/mol. The quantitative estimate of drug-likeness (QED) is 0.410. The second-order valence-electron chi connectivity index (χ2n) is 3.42. The van der Waals surface area contributed by atoms with Gasteiger partial charge in [-0.2, -0.15) is 0 Å². The van der Waals surface area contributed by atoms with Crippen molar-refractivity contribution in [1.82, 2.24) is 10.2 Å². The van der Waals surface area contributed by atoms with Gasteiger partial charge in [-0.3, -0.25) is 0 Å². The zero-order valence-electron chi connectivity index (χ0n) is 8.17. The molecular weight excluding hydrogens is 246 g/mol. The summed E-state index contributed by atoms with van der Waals surface area (Å²) < 4.78 is 5.50. The molecule has 1 aliphatic heterocycles. The number of halogens is 2. The van der Waals surface area contributed by atoms with Crippen molar-refractivity contribution in [2.45, 2.75) is 18.8 Å². The summed E-state index contributed by atoms with van der Waals surface area (Å²) in [5.74, 6) is 0.331. The van der Waals surface area contributed by atoms with Gasteiger partial charge in [0.2, 0.25) is 0 Å². The maximum absolute atomic E-state index is 10.5. The topological polar surface area (TPSA) is 53.5 Å². The Bertz CT molecular complexity index is 192. The fourth-order valence-corrected chi connectivity index (χ4v) is 5.91. The third kappa shape index (κ3) is 3.17. The molecule has 7 heteroatoms. The van der Waals surface area contributed by atoms with Crippen molar-refractivity contribution in [2.24, 2.45) is 0 Å². The summed E-state index contributed by atoms with van der Waals surface area (Å²) in [6.45, 7) is 3.01. The first kappa shape index (κ1) is 12.9. The van der Waals surface area contributed by atoms with E-state index in [4.69, 9.17) is 27.7 Å². The fourth-order valence-electron chi connectivity index (χ4n) is 1.50. The number of rotatable bonds is 4. The zero-order valence-corrected chi connectivity index (χ0v) is 10.6. The van der Waals surface area contributed by atoms with Crippen LogP contribution in [0.5, 0.6) is 0 Å². The van der Waals surface area contributed by atoms with E-state index >= 15 is 0 Å². The molecule has 4 nitrogen and oxygen atoms in total. The molecule has 1 atom stereocenters.